The predicted octanol–water partition coefficient (Wildman–Crippen LogP) is 3.29. The molecule has 6 nitrogen and oxygen atoms in total. The molecule has 1 aliphatic heterocycles. The Hall–Kier alpha value is -1.63. The molecular formula is C21H35N5OS. The second kappa shape index (κ2) is 9.25. The molecular weight excluding hydrogens is 370 g/mol. The summed E-state index contributed by atoms with van der Waals surface area (Å²) in [4.78, 5) is 23.9. The number of carbonyl (C=O) groups excluding carboxylic acids is 1. The van der Waals surface area contributed by atoms with E-state index in [9.17, 15) is 4.79 Å². The zero-order valence-electron chi connectivity index (χ0n) is 17.8. The monoisotopic (exact) mass is 405 g/mol. The summed E-state index contributed by atoms with van der Waals surface area (Å²) in [7, 11) is 1.79. The van der Waals surface area contributed by atoms with Crippen LogP contribution in [0.15, 0.2) is 10.4 Å². The molecule has 1 saturated carbocycles. The van der Waals surface area contributed by atoms with Crippen LogP contribution in [0.4, 0.5) is 0 Å². The van der Waals surface area contributed by atoms with Gasteiger partial charge in [-0.2, -0.15) is 0 Å². The smallest absolute Gasteiger partial charge is 0.225 e. The highest BCUT2D eigenvalue weighted by Crippen LogP contribution is 2.27. The maximum atomic E-state index is 12.7. The van der Waals surface area contributed by atoms with Gasteiger partial charge in [0.2, 0.25) is 5.91 Å². The Morgan fingerprint density at radius 2 is 2.04 bits per heavy atom. The number of amides is 1. The van der Waals surface area contributed by atoms with Crippen molar-refractivity contribution in [3.05, 3.63) is 16.1 Å². The van der Waals surface area contributed by atoms with Gasteiger partial charge in [-0.3, -0.25) is 9.79 Å². The van der Waals surface area contributed by atoms with Crippen molar-refractivity contribution < 1.29 is 4.79 Å². The number of carbonyl (C=O) groups is 1. The third kappa shape index (κ3) is 5.46. The molecule has 2 fully saturated rings. The Morgan fingerprint density at radius 1 is 1.29 bits per heavy atom. The van der Waals surface area contributed by atoms with E-state index in [0.29, 0.717) is 12.5 Å². The summed E-state index contributed by atoms with van der Waals surface area (Å²) < 4.78 is 0. The number of nitrogens with one attached hydrogen (secondary N) is 2. The van der Waals surface area contributed by atoms with Crippen molar-refractivity contribution in [3.63, 3.8) is 0 Å². The summed E-state index contributed by atoms with van der Waals surface area (Å²) >= 11 is 1.71. The lowest BCUT2D eigenvalue weighted by Gasteiger charge is -2.26. The van der Waals surface area contributed by atoms with Crippen LogP contribution >= 0.6 is 11.3 Å². The van der Waals surface area contributed by atoms with Gasteiger partial charge < -0.3 is 15.5 Å². The Bertz CT molecular complexity index is 687. The number of nitrogens with zero attached hydrogens (tertiary/aromatic N) is 3. The van der Waals surface area contributed by atoms with Gasteiger partial charge in [0.05, 0.1) is 17.2 Å². The molecule has 1 aromatic rings. The number of aromatic nitrogens is 1. The standard InChI is InChI=1S/C21H35N5OS/c1-21(2,3)19-24-17(14-28-19)12-23-20(22-4)25-16-10-11-26(13-16)18(27)15-8-6-5-7-9-15/h14-16H,5-13H2,1-4H3,(H2,22,23,25). The lowest BCUT2D eigenvalue weighted by molar-refractivity contribution is -0.135. The van der Waals surface area contributed by atoms with Crippen LogP contribution in [0.5, 0.6) is 0 Å². The first-order valence-electron chi connectivity index (χ1n) is 10.6. The number of hydrogen-bond acceptors (Lipinski definition) is 4. The van der Waals surface area contributed by atoms with Gasteiger partial charge in [-0.05, 0) is 19.3 Å². The number of aliphatic imine (C=N–C) groups is 1. The van der Waals surface area contributed by atoms with Crippen LogP contribution < -0.4 is 10.6 Å². The lowest BCUT2D eigenvalue weighted by Crippen LogP contribution is -2.45. The normalized spacial score (nSPS) is 21.8. The molecule has 2 aliphatic rings. The van der Waals surface area contributed by atoms with Crippen molar-refractivity contribution in [1.29, 1.82) is 0 Å². The Kier molecular flexibility index (Phi) is 6.96. The van der Waals surface area contributed by atoms with Crippen LogP contribution in [-0.2, 0) is 16.8 Å². The maximum Gasteiger partial charge on any atom is 0.225 e. The largest absolute Gasteiger partial charge is 0.352 e. The molecule has 1 aromatic heterocycles. The molecule has 0 radical (unpaired) electrons. The average Bonchev–Trinajstić information content (AvgIpc) is 3.34. The van der Waals surface area contributed by atoms with Gasteiger partial charge in [-0.15, -0.1) is 11.3 Å². The molecule has 3 rings (SSSR count). The molecule has 1 aliphatic carbocycles. The highest BCUT2D eigenvalue weighted by Gasteiger charge is 2.31. The van der Waals surface area contributed by atoms with E-state index in [1.807, 2.05) is 0 Å². The zero-order valence-corrected chi connectivity index (χ0v) is 18.6. The zero-order chi connectivity index (χ0) is 20.1. The van der Waals surface area contributed by atoms with E-state index in [-0.39, 0.29) is 17.4 Å². The van der Waals surface area contributed by atoms with E-state index < -0.39 is 0 Å². The molecule has 0 aromatic carbocycles. The number of guanidine groups is 1. The molecule has 156 valence electrons. The van der Waals surface area contributed by atoms with Crippen LogP contribution in [0.1, 0.15) is 70.0 Å². The summed E-state index contributed by atoms with van der Waals surface area (Å²) in [6, 6.07) is 0.263. The SMILES string of the molecule is CN=C(NCc1csc(C(C)(C)C)n1)NC1CCN(C(=O)C2CCCCC2)C1. The van der Waals surface area contributed by atoms with Gasteiger partial charge in [-0.25, -0.2) is 4.98 Å². The first-order chi connectivity index (χ1) is 13.4. The predicted molar refractivity (Wildman–Crippen MR) is 116 cm³/mol. The minimum absolute atomic E-state index is 0.0843. The second-order valence-electron chi connectivity index (χ2n) is 9.07. The average molecular weight is 406 g/mol. The fraction of sp³-hybridized carbons (Fsp3) is 0.762. The molecule has 0 spiro atoms. The molecule has 7 heteroatoms. The molecule has 28 heavy (non-hydrogen) atoms. The van der Waals surface area contributed by atoms with Crippen LogP contribution in [0.3, 0.4) is 0 Å². The highest BCUT2D eigenvalue weighted by atomic mass is 32.1. The van der Waals surface area contributed by atoms with Gasteiger partial charge in [0, 0.05) is 42.9 Å². The van der Waals surface area contributed by atoms with Crippen molar-refractivity contribution >= 4 is 23.2 Å². The quantitative estimate of drug-likeness (QED) is 0.596. The van der Waals surface area contributed by atoms with Crippen molar-refractivity contribution in [1.82, 2.24) is 20.5 Å². The van der Waals surface area contributed by atoms with E-state index in [1.165, 1.54) is 19.3 Å². The van der Waals surface area contributed by atoms with Gasteiger partial charge >= 0.3 is 0 Å². The number of hydrogen-bond donors (Lipinski definition) is 2. The van der Waals surface area contributed by atoms with E-state index >= 15 is 0 Å². The third-order valence-electron chi connectivity index (χ3n) is 5.65. The van der Waals surface area contributed by atoms with Gasteiger partial charge in [0.15, 0.2) is 5.96 Å². The van der Waals surface area contributed by atoms with E-state index in [0.717, 1.165) is 49.0 Å². The first kappa shape index (κ1) is 21.1. The molecule has 2 heterocycles. The second-order valence-corrected chi connectivity index (χ2v) is 9.93. The first-order valence-corrected chi connectivity index (χ1v) is 11.5. The number of rotatable bonds is 4. The Morgan fingerprint density at radius 3 is 2.68 bits per heavy atom. The molecule has 1 saturated heterocycles. The Labute approximate surface area is 173 Å². The summed E-state index contributed by atoms with van der Waals surface area (Å²) in [5.74, 6) is 1.40. The van der Waals surface area contributed by atoms with Crippen molar-refractivity contribution in [2.24, 2.45) is 10.9 Å². The minimum atomic E-state index is 0.0843. The molecule has 1 amide bonds. The topological polar surface area (TPSA) is 69.6 Å². The summed E-state index contributed by atoms with van der Waals surface area (Å²) in [6.07, 6.45) is 6.81. The summed E-state index contributed by atoms with van der Waals surface area (Å²) in [5.41, 5.74) is 1.12. The summed E-state index contributed by atoms with van der Waals surface area (Å²) in [5, 5.41) is 10.1. The van der Waals surface area contributed by atoms with Crippen LogP contribution in [0.2, 0.25) is 0 Å². The van der Waals surface area contributed by atoms with Gasteiger partial charge in [0.25, 0.3) is 0 Å². The molecule has 2 N–H and O–H groups in total. The van der Waals surface area contributed by atoms with Crippen LogP contribution in [0.25, 0.3) is 0 Å². The summed E-state index contributed by atoms with van der Waals surface area (Å²) in [6.45, 7) is 8.84. The molecule has 1 atom stereocenters. The van der Waals surface area contributed by atoms with E-state index in [1.54, 1.807) is 18.4 Å². The van der Waals surface area contributed by atoms with Gasteiger partial charge in [-0.1, -0.05) is 40.0 Å². The van der Waals surface area contributed by atoms with Crippen molar-refractivity contribution in [3.8, 4) is 0 Å². The lowest BCUT2D eigenvalue weighted by atomic mass is 9.88. The Balaban J connectivity index is 1.46. The maximum absolute atomic E-state index is 12.7. The number of likely N-dealkylation sites (tertiary alicyclic amines) is 1. The van der Waals surface area contributed by atoms with Crippen molar-refractivity contribution in [2.45, 2.75) is 77.3 Å². The number of thiazole rings is 1. The highest BCUT2D eigenvalue weighted by molar-refractivity contribution is 7.09. The molecule has 0 bridgehead atoms. The molecule has 1 unspecified atom stereocenters. The van der Waals surface area contributed by atoms with E-state index in [4.69, 9.17) is 4.98 Å². The van der Waals surface area contributed by atoms with E-state index in [2.05, 4.69) is 46.7 Å². The minimum Gasteiger partial charge on any atom is -0.352 e. The fourth-order valence-corrected chi connectivity index (χ4v) is 4.89. The van der Waals surface area contributed by atoms with Crippen molar-refractivity contribution in [2.75, 3.05) is 20.1 Å². The van der Waals surface area contributed by atoms with Crippen LogP contribution in [-0.4, -0.2) is 47.9 Å². The van der Waals surface area contributed by atoms with Crippen LogP contribution in [0, 0.1) is 5.92 Å². The fourth-order valence-electron chi connectivity index (χ4n) is 3.98. The third-order valence-corrected chi connectivity index (χ3v) is 6.97. The van der Waals surface area contributed by atoms with Gasteiger partial charge in [0.1, 0.15) is 0 Å².